The molecule has 0 bridgehead atoms. The van der Waals surface area contributed by atoms with E-state index in [-0.39, 0.29) is 10.8 Å². The Hall–Kier alpha value is -2.54. The van der Waals surface area contributed by atoms with Crippen LogP contribution in [0.3, 0.4) is 0 Å². The van der Waals surface area contributed by atoms with Crippen LogP contribution in [0.2, 0.25) is 0 Å². The van der Waals surface area contributed by atoms with Gasteiger partial charge in [-0.2, -0.15) is 0 Å². The highest BCUT2D eigenvalue weighted by molar-refractivity contribution is 7.92. The first-order valence-corrected chi connectivity index (χ1v) is 8.35. The molecular weight excluding hydrogens is 316 g/mol. The summed E-state index contributed by atoms with van der Waals surface area (Å²) in [6.45, 7) is 3.06. The SMILES string of the molecule is COc1ccc(NS(=O)(=O)c2cc(NC(C)=O)ccc2C)cc1. The Morgan fingerprint density at radius 3 is 2.22 bits per heavy atom. The molecule has 0 radical (unpaired) electrons. The summed E-state index contributed by atoms with van der Waals surface area (Å²) in [6.07, 6.45) is 0. The van der Waals surface area contributed by atoms with Crippen LogP contribution in [0.4, 0.5) is 11.4 Å². The molecule has 1 amide bonds. The van der Waals surface area contributed by atoms with E-state index in [1.807, 2.05) is 0 Å². The molecule has 0 saturated heterocycles. The lowest BCUT2D eigenvalue weighted by atomic mass is 10.2. The van der Waals surface area contributed by atoms with Crippen LogP contribution in [-0.2, 0) is 14.8 Å². The molecule has 6 nitrogen and oxygen atoms in total. The number of sulfonamides is 1. The molecule has 0 fully saturated rings. The number of anilines is 2. The van der Waals surface area contributed by atoms with Crippen molar-refractivity contribution in [2.75, 3.05) is 17.1 Å². The summed E-state index contributed by atoms with van der Waals surface area (Å²) >= 11 is 0. The van der Waals surface area contributed by atoms with Crippen molar-refractivity contribution in [1.82, 2.24) is 0 Å². The quantitative estimate of drug-likeness (QED) is 0.880. The van der Waals surface area contributed by atoms with Gasteiger partial charge in [0.2, 0.25) is 5.91 Å². The van der Waals surface area contributed by atoms with Crippen molar-refractivity contribution in [2.45, 2.75) is 18.7 Å². The zero-order chi connectivity index (χ0) is 17.0. The van der Waals surface area contributed by atoms with Crippen LogP contribution in [-0.4, -0.2) is 21.4 Å². The second-order valence-corrected chi connectivity index (χ2v) is 6.65. The minimum absolute atomic E-state index is 0.111. The average molecular weight is 334 g/mol. The average Bonchev–Trinajstić information content (AvgIpc) is 2.49. The van der Waals surface area contributed by atoms with Crippen molar-refractivity contribution in [3.05, 3.63) is 48.0 Å². The van der Waals surface area contributed by atoms with Gasteiger partial charge in [0, 0.05) is 18.3 Å². The Kier molecular flexibility index (Phi) is 4.90. The zero-order valence-electron chi connectivity index (χ0n) is 13.1. The molecule has 0 atom stereocenters. The topological polar surface area (TPSA) is 84.5 Å². The molecule has 0 heterocycles. The largest absolute Gasteiger partial charge is 0.497 e. The Bertz CT molecular complexity index is 814. The number of hydrogen-bond acceptors (Lipinski definition) is 4. The normalized spacial score (nSPS) is 10.9. The summed E-state index contributed by atoms with van der Waals surface area (Å²) in [5.74, 6) is 0.372. The van der Waals surface area contributed by atoms with Gasteiger partial charge in [-0.25, -0.2) is 8.42 Å². The fraction of sp³-hybridized carbons (Fsp3) is 0.188. The van der Waals surface area contributed by atoms with Crippen LogP contribution >= 0.6 is 0 Å². The minimum atomic E-state index is -3.76. The number of benzene rings is 2. The molecule has 0 aromatic heterocycles. The molecule has 0 aliphatic rings. The number of carbonyl (C=O) groups is 1. The van der Waals surface area contributed by atoms with E-state index in [1.165, 1.54) is 20.1 Å². The number of aryl methyl sites for hydroxylation is 1. The van der Waals surface area contributed by atoms with Gasteiger partial charge in [0.05, 0.1) is 12.0 Å². The molecule has 7 heteroatoms. The molecule has 0 spiro atoms. The van der Waals surface area contributed by atoms with Gasteiger partial charge < -0.3 is 10.1 Å². The van der Waals surface area contributed by atoms with E-state index in [0.717, 1.165) is 0 Å². The lowest BCUT2D eigenvalue weighted by Crippen LogP contribution is -2.15. The lowest BCUT2D eigenvalue weighted by Gasteiger charge is -2.12. The maximum absolute atomic E-state index is 12.6. The van der Waals surface area contributed by atoms with E-state index in [1.54, 1.807) is 43.3 Å². The van der Waals surface area contributed by atoms with E-state index in [2.05, 4.69) is 10.0 Å². The number of ether oxygens (including phenoxy) is 1. The highest BCUT2D eigenvalue weighted by Crippen LogP contribution is 2.24. The van der Waals surface area contributed by atoms with Gasteiger partial charge in [0.25, 0.3) is 10.0 Å². The third kappa shape index (κ3) is 4.23. The molecule has 23 heavy (non-hydrogen) atoms. The smallest absolute Gasteiger partial charge is 0.262 e. The third-order valence-corrected chi connectivity index (χ3v) is 4.66. The van der Waals surface area contributed by atoms with E-state index in [0.29, 0.717) is 22.7 Å². The first-order valence-electron chi connectivity index (χ1n) is 6.87. The van der Waals surface area contributed by atoms with Crippen LogP contribution < -0.4 is 14.8 Å². The summed E-state index contributed by atoms with van der Waals surface area (Å²) in [5, 5.41) is 2.58. The van der Waals surface area contributed by atoms with Crippen LogP contribution in [0.15, 0.2) is 47.4 Å². The standard InChI is InChI=1S/C16H18N2O4S/c1-11-4-5-14(17-12(2)19)10-16(11)23(20,21)18-13-6-8-15(22-3)9-7-13/h4-10,18H,1-3H3,(H,17,19). The molecule has 0 unspecified atom stereocenters. The van der Waals surface area contributed by atoms with E-state index < -0.39 is 10.0 Å². The van der Waals surface area contributed by atoms with Crippen LogP contribution in [0.1, 0.15) is 12.5 Å². The molecule has 0 aliphatic carbocycles. The monoisotopic (exact) mass is 334 g/mol. The number of rotatable bonds is 5. The molecule has 2 aromatic carbocycles. The van der Waals surface area contributed by atoms with E-state index >= 15 is 0 Å². The predicted molar refractivity (Wildman–Crippen MR) is 89.3 cm³/mol. The summed E-state index contributed by atoms with van der Waals surface area (Å²) in [7, 11) is -2.23. The van der Waals surface area contributed by atoms with Gasteiger partial charge in [-0.3, -0.25) is 9.52 Å². The molecule has 2 rings (SSSR count). The van der Waals surface area contributed by atoms with Gasteiger partial charge in [0.15, 0.2) is 0 Å². The molecule has 2 N–H and O–H groups in total. The maximum atomic E-state index is 12.6. The second kappa shape index (κ2) is 6.70. The maximum Gasteiger partial charge on any atom is 0.262 e. The number of methoxy groups -OCH3 is 1. The fourth-order valence-corrected chi connectivity index (χ4v) is 3.37. The molecule has 122 valence electrons. The number of nitrogens with one attached hydrogen (secondary N) is 2. The van der Waals surface area contributed by atoms with Crippen molar-refractivity contribution in [2.24, 2.45) is 0 Å². The molecule has 0 aliphatic heterocycles. The summed E-state index contributed by atoms with van der Waals surface area (Å²) in [4.78, 5) is 11.2. The molecular formula is C16H18N2O4S. The van der Waals surface area contributed by atoms with E-state index in [4.69, 9.17) is 4.74 Å². The minimum Gasteiger partial charge on any atom is -0.497 e. The van der Waals surface area contributed by atoms with Gasteiger partial charge in [-0.1, -0.05) is 6.07 Å². The van der Waals surface area contributed by atoms with Crippen molar-refractivity contribution >= 4 is 27.3 Å². The summed E-state index contributed by atoms with van der Waals surface area (Å²) in [6, 6.07) is 11.3. The van der Waals surface area contributed by atoms with Crippen molar-refractivity contribution in [3.8, 4) is 5.75 Å². The van der Waals surface area contributed by atoms with Crippen molar-refractivity contribution < 1.29 is 17.9 Å². The second-order valence-electron chi connectivity index (χ2n) is 5.00. The van der Waals surface area contributed by atoms with Crippen LogP contribution in [0, 0.1) is 6.92 Å². The van der Waals surface area contributed by atoms with Gasteiger partial charge in [0.1, 0.15) is 5.75 Å². The third-order valence-electron chi connectivity index (χ3n) is 3.14. The highest BCUT2D eigenvalue weighted by Gasteiger charge is 2.18. The summed E-state index contributed by atoms with van der Waals surface area (Å²) < 4.78 is 32.7. The predicted octanol–water partition coefficient (Wildman–Crippen LogP) is 2.76. The lowest BCUT2D eigenvalue weighted by molar-refractivity contribution is -0.114. The Balaban J connectivity index is 2.32. The zero-order valence-corrected chi connectivity index (χ0v) is 13.9. The van der Waals surface area contributed by atoms with Crippen LogP contribution in [0.25, 0.3) is 0 Å². The number of hydrogen-bond donors (Lipinski definition) is 2. The van der Waals surface area contributed by atoms with Gasteiger partial charge in [-0.15, -0.1) is 0 Å². The number of carbonyl (C=O) groups excluding carboxylic acids is 1. The highest BCUT2D eigenvalue weighted by atomic mass is 32.2. The van der Waals surface area contributed by atoms with Crippen molar-refractivity contribution in [3.63, 3.8) is 0 Å². The molecule has 0 saturated carbocycles. The Morgan fingerprint density at radius 2 is 1.65 bits per heavy atom. The van der Waals surface area contributed by atoms with E-state index in [9.17, 15) is 13.2 Å². The van der Waals surface area contributed by atoms with Crippen molar-refractivity contribution in [1.29, 1.82) is 0 Å². The first-order chi connectivity index (χ1) is 10.8. The van der Waals surface area contributed by atoms with Crippen LogP contribution in [0.5, 0.6) is 5.75 Å². The van der Waals surface area contributed by atoms with Gasteiger partial charge >= 0.3 is 0 Å². The summed E-state index contributed by atoms with van der Waals surface area (Å²) in [5.41, 5.74) is 1.44. The fourth-order valence-electron chi connectivity index (χ4n) is 2.04. The Morgan fingerprint density at radius 1 is 1.04 bits per heavy atom. The first kappa shape index (κ1) is 16.8. The molecule has 2 aromatic rings. The number of amides is 1. The van der Waals surface area contributed by atoms with Gasteiger partial charge in [-0.05, 0) is 48.9 Å². The Labute approximate surface area is 135 Å².